The number of hydrogen-bond donors (Lipinski definition) is 1. The molecule has 3 aromatic rings. The highest BCUT2D eigenvalue weighted by Gasteiger charge is 2.17. The summed E-state index contributed by atoms with van der Waals surface area (Å²) in [7, 11) is 0. The average molecular weight is 294 g/mol. The van der Waals surface area contributed by atoms with Crippen molar-refractivity contribution in [2.24, 2.45) is 0 Å². The van der Waals surface area contributed by atoms with Crippen molar-refractivity contribution in [2.45, 2.75) is 26.8 Å². The van der Waals surface area contributed by atoms with E-state index in [-0.39, 0.29) is 11.9 Å². The third-order valence-corrected chi connectivity index (χ3v) is 3.80. The fourth-order valence-corrected chi connectivity index (χ4v) is 2.30. The number of carbonyl (C=O) groups excluding carboxylic acids is 1. The van der Waals surface area contributed by atoms with Crippen LogP contribution >= 0.6 is 0 Å². The van der Waals surface area contributed by atoms with E-state index in [1.54, 1.807) is 0 Å². The number of nitrogens with one attached hydrogen (secondary N) is 1. The average Bonchev–Trinajstić information content (AvgIpc) is 2.94. The minimum Gasteiger partial charge on any atom is -0.438 e. The lowest BCUT2D eigenvalue weighted by molar-refractivity contribution is 0.0934. The lowest BCUT2D eigenvalue weighted by Crippen LogP contribution is -2.26. The van der Waals surface area contributed by atoms with Gasteiger partial charge in [-0.15, -0.1) is 0 Å². The van der Waals surface area contributed by atoms with Gasteiger partial charge >= 0.3 is 0 Å². The second-order valence-corrected chi connectivity index (χ2v) is 5.51. The van der Waals surface area contributed by atoms with Crippen molar-refractivity contribution in [1.29, 1.82) is 0 Å². The first-order valence-corrected chi connectivity index (χ1v) is 7.28. The Bertz CT molecular complexity index is 803. The molecule has 1 amide bonds. The minimum absolute atomic E-state index is 0.127. The maximum Gasteiger partial charge on any atom is 0.251 e. The number of rotatable bonds is 3. The first kappa shape index (κ1) is 14.3. The number of aryl methyl sites for hydroxylation is 2. The zero-order valence-corrected chi connectivity index (χ0v) is 12.9. The maximum absolute atomic E-state index is 12.3. The Morgan fingerprint density at radius 1 is 1.14 bits per heavy atom. The van der Waals surface area contributed by atoms with Crippen LogP contribution in [-0.4, -0.2) is 10.9 Å². The van der Waals surface area contributed by atoms with Gasteiger partial charge in [0, 0.05) is 5.56 Å². The molecule has 2 aromatic carbocycles. The van der Waals surface area contributed by atoms with Gasteiger partial charge in [0.15, 0.2) is 5.58 Å². The van der Waals surface area contributed by atoms with E-state index in [2.05, 4.69) is 10.3 Å². The van der Waals surface area contributed by atoms with E-state index in [1.807, 2.05) is 63.2 Å². The van der Waals surface area contributed by atoms with Gasteiger partial charge in [0.05, 0.1) is 0 Å². The summed E-state index contributed by atoms with van der Waals surface area (Å²) in [4.78, 5) is 16.7. The van der Waals surface area contributed by atoms with E-state index >= 15 is 0 Å². The largest absolute Gasteiger partial charge is 0.438 e. The molecule has 0 saturated carbocycles. The van der Waals surface area contributed by atoms with E-state index in [1.165, 1.54) is 5.56 Å². The van der Waals surface area contributed by atoms with Crippen molar-refractivity contribution >= 4 is 17.0 Å². The standard InChI is InChI=1S/C18H18N2O2/c1-11-8-9-14(10-12(11)2)17(21)19-13(3)18-20-15-6-4-5-7-16(15)22-18/h4-10,13H,1-3H3,(H,19,21). The van der Waals surface area contributed by atoms with E-state index < -0.39 is 0 Å². The molecule has 0 aliphatic carbocycles. The summed E-state index contributed by atoms with van der Waals surface area (Å²) < 4.78 is 5.68. The smallest absolute Gasteiger partial charge is 0.251 e. The van der Waals surface area contributed by atoms with Gasteiger partial charge in [-0.1, -0.05) is 18.2 Å². The van der Waals surface area contributed by atoms with Gasteiger partial charge in [0.25, 0.3) is 5.91 Å². The van der Waals surface area contributed by atoms with Crippen molar-refractivity contribution in [3.8, 4) is 0 Å². The molecule has 0 fully saturated rings. The van der Waals surface area contributed by atoms with E-state index in [9.17, 15) is 4.79 Å². The second-order valence-electron chi connectivity index (χ2n) is 5.51. The van der Waals surface area contributed by atoms with E-state index in [4.69, 9.17) is 4.42 Å². The summed E-state index contributed by atoms with van der Waals surface area (Å²) >= 11 is 0. The van der Waals surface area contributed by atoms with Gasteiger partial charge in [-0.2, -0.15) is 0 Å². The molecule has 22 heavy (non-hydrogen) atoms. The summed E-state index contributed by atoms with van der Waals surface area (Å²) in [5.41, 5.74) is 4.44. The normalized spacial score (nSPS) is 12.3. The molecule has 4 nitrogen and oxygen atoms in total. The zero-order valence-electron chi connectivity index (χ0n) is 12.9. The maximum atomic E-state index is 12.3. The summed E-state index contributed by atoms with van der Waals surface area (Å²) in [6.07, 6.45) is 0. The van der Waals surface area contributed by atoms with Crippen LogP contribution in [-0.2, 0) is 0 Å². The molecule has 1 atom stereocenters. The first-order chi connectivity index (χ1) is 10.5. The molecule has 0 saturated heterocycles. The number of hydrogen-bond acceptors (Lipinski definition) is 3. The van der Waals surface area contributed by atoms with Crippen LogP contribution < -0.4 is 5.32 Å². The highest BCUT2D eigenvalue weighted by atomic mass is 16.3. The van der Waals surface area contributed by atoms with Gasteiger partial charge in [0.2, 0.25) is 5.89 Å². The molecule has 1 N–H and O–H groups in total. The Morgan fingerprint density at radius 3 is 2.64 bits per heavy atom. The van der Waals surface area contributed by atoms with E-state index in [0.717, 1.165) is 16.7 Å². The minimum atomic E-state index is -0.290. The Balaban J connectivity index is 1.79. The molecule has 1 aromatic heterocycles. The van der Waals surface area contributed by atoms with Gasteiger partial charge in [-0.25, -0.2) is 4.98 Å². The number of aromatic nitrogens is 1. The van der Waals surface area contributed by atoms with Crippen molar-refractivity contribution in [3.05, 3.63) is 65.0 Å². The zero-order chi connectivity index (χ0) is 15.7. The van der Waals surface area contributed by atoms with Crippen molar-refractivity contribution in [2.75, 3.05) is 0 Å². The van der Waals surface area contributed by atoms with E-state index in [0.29, 0.717) is 11.5 Å². The Kier molecular flexibility index (Phi) is 3.67. The predicted octanol–water partition coefficient (Wildman–Crippen LogP) is 3.94. The van der Waals surface area contributed by atoms with Gasteiger partial charge in [-0.05, 0) is 56.2 Å². The first-order valence-electron chi connectivity index (χ1n) is 7.28. The Labute approximate surface area is 129 Å². The van der Waals surface area contributed by atoms with Crippen LogP contribution in [0.2, 0.25) is 0 Å². The Hall–Kier alpha value is -2.62. The van der Waals surface area contributed by atoms with Crippen LogP contribution in [0.15, 0.2) is 46.9 Å². The molecular formula is C18H18N2O2. The molecule has 0 radical (unpaired) electrons. The molecule has 0 aliphatic rings. The fourth-order valence-electron chi connectivity index (χ4n) is 2.30. The van der Waals surface area contributed by atoms with Gasteiger partial charge in [-0.3, -0.25) is 4.79 Å². The van der Waals surface area contributed by atoms with Crippen molar-refractivity contribution < 1.29 is 9.21 Å². The SMILES string of the molecule is Cc1ccc(C(=O)NC(C)c2nc3ccccc3o2)cc1C. The lowest BCUT2D eigenvalue weighted by atomic mass is 10.1. The van der Waals surface area contributed by atoms with Crippen LogP contribution in [0.1, 0.15) is 40.3 Å². The van der Waals surface area contributed by atoms with Crippen LogP contribution in [0.25, 0.3) is 11.1 Å². The van der Waals surface area contributed by atoms with Crippen LogP contribution in [0.4, 0.5) is 0 Å². The number of oxazole rings is 1. The number of fused-ring (bicyclic) bond motifs is 1. The number of nitrogens with zero attached hydrogens (tertiary/aromatic N) is 1. The fraction of sp³-hybridized carbons (Fsp3) is 0.222. The number of para-hydroxylation sites is 2. The summed E-state index contributed by atoms with van der Waals surface area (Å²) in [5.74, 6) is 0.385. The monoisotopic (exact) mass is 294 g/mol. The molecule has 0 aliphatic heterocycles. The van der Waals surface area contributed by atoms with Crippen molar-refractivity contribution in [3.63, 3.8) is 0 Å². The summed E-state index contributed by atoms with van der Waals surface area (Å²) in [6.45, 7) is 5.89. The van der Waals surface area contributed by atoms with Gasteiger partial charge < -0.3 is 9.73 Å². The quantitative estimate of drug-likeness (QED) is 0.796. The predicted molar refractivity (Wildman–Crippen MR) is 85.8 cm³/mol. The topological polar surface area (TPSA) is 55.1 Å². The Morgan fingerprint density at radius 2 is 1.91 bits per heavy atom. The second kappa shape index (κ2) is 5.64. The van der Waals surface area contributed by atoms with Gasteiger partial charge in [0.1, 0.15) is 11.6 Å². The van der Waals surface area contributed by atoms with Crippen LogP contribution in [0.3, 0.4) is 0 Å². The highest BCUT2D eigenvalue weighted by Crippen LogP contribution is 2.20. The number of amides is 1. The molecule has 0 spiro atoms. The summed E-state index contributed by atoms with van der Waals surface area (Å²) in [5, 5.41) is 2.92. The third-order valence-electron chi connectivity index (χ3n) is 3.80. The molecule has 112 valence electrons. The van der Waals surface area contributed by atoms with Crippen LogP contribution in [0.5, 0.6) is 0 Å². The molecule has 1 heterocycles. The molecular weight excluding hydrogens is 276 g/mol. The summed E-state index contributed by atoms with van der Waals surface area (Å²) in [6, 6.07) is 12.9. The third kappa shape index (κ3) is 2.72. The molecule has 1 unspecified atom stereocenters. The van der Waals surface area contributed by atoms with Crippen LogP contribution in [0, 0.1) is 13.8 Å². The van der Waals surface area contributed by atoms with Crippen molar-refractivity contribution in [1.82, 2.24) is 10.3 Å². The number of benzene rings is 2. The number of carbonyl (C=O) groups is 1. The lowest BCUT2D eigenvalue weighted by Gasteiger charge is -2.11. The molecule has 4 heteroatoms. The molecule has 0 bridgehead atoms. The molecule has 3 rings (SSSR count). The highest BCUT2D eigenvalue weighted by molar-refractivity contribution is 5.94.